The Hall–Kier alpha value is -1.59. The average Bonchev–Trinajstić information content (AvgIpc) is 2.85. The van der Waals surface area contributed by atoms with Gasteiger partial charge in [-0.2, -0.15) is 0 Å². The molecule has 21 heavy (non-hydrogen) atoms. The van der Waals surface area contributed by atoms with Crippen molar-refractivity contribution >= 4 is 5.91 Å². The summed E-state index contributed by atoms with van der Waals surface area (Å²) in [6.45, 7) is 5.40. The van der Waals surface area contributed by atoms with Gasteiger partial charge in [0.1, 0.15) is 18.5 Å². The maximum atomic E-state index is 11.1. The minimum atomic E-state index is -0.568. The van der Waals surface area contributed by atoms with Gasteiger partial charge in [0, 0.05) is 25.6 Å². The van der Waals surface area contributed by atoms with Crippen molar-refractivity contribution < 1.29 is 14.6 Å². The summed E-state index contributed by atoms with van der Waals surface area (Å²) in [6, 6.07) is 6.21. The number of aryl methyl sites for hydroxylation is 2. The molecule has 0 radical (unpaired) electrons. The fraction of sp³-hybridized carbons (Fsp3) is 0.562. The molecule has 0 spiro atoms. The Kier molecular flexibility index (Phi) is 5.59. The molecule has 1 fully saturated rings. The number of aliphatic hydroxyl groups excluding tert-OH is 1. The van der Waals surface area contributed by atoms with E-state index in [4.69, 9.17) is 4.74 Å². The zero-order chi connectivity index (χ0) is 15.2. The summed E-state index contributed by atoms with van der Waals surface area (Å²) in [5.74, 6) is 0.928. The Labute approximate surface area is 125 Å². The Balaban J connectivity index is 1.66. The lowest BCUT2D eigenvalue weighted by molar-refractivity contribution is -0.119. The molecule has 0 bridgehead atoms. The van der Waals surface area contributed by atoms with E-state index in [0.29, 0.717) is 19.5 Å². The standard InChI is InChI=1S/C16H24N2O3/c1-11-3-4-12(2)15(7-11)21-10-14(19)9-17-8-13-5-6-16(20)18-13/h3-4,7,13-14,17,19H,5-6,8-10H2,1-2H3,(H,18,20). The molecule has 5 heteroatoms. The van der Waals surface area contributed by atoms with Crippen molar-refractivity contribution in [1.29, 1.82) is 0 Å². The Bertz CT molecular complexity index is 490. The van der Waals surface area contributed by atoms with E-state index in [2.05, 4.69) is 10.6 Å². The Morgan fingerprint density at radius 3 is 3.00 bits per heavy atom. The minimum Gasteiger partial charge on any atom is -0.491 e. The van der Waals surface area contributed by atoms with Crippen molar-refractivity contribution in [2.75, 3.05) is 19.7 Å². The van der Waals surface area contributed by atoms with Gasteiger partial charge in [0.05, 0.1) is 0 Å². The number of aliphatic hydroxyl groups is 1. The maximum Gasteiger partial charge on any atom is 0.220 e. The fourth-order valence-electron chi connectivity index (χ4n) is 2.36. The molecule has 0 aromatic heterocycles. The van der Waals surface area contributed by atoms with Gasteiger partial charge in [-0.25, -0.2) is 0 Å². The van der Waals surface area contributed by atoms with Crippen molar-refractivity contribution in [2.45, 2.75) is 38.8 Å². The second-order valence-electron chi connectivity index (χ2n) is 5.70. The number of carbonyl (C=O) groups is 1. The number of hydrogen-bond acceptors (Lipinski definition) is 4. The number of ether oxygens (including phenoxy) is 1. The topological polar surface area (TPSA) is 70.6 Å². The quantitative estimate of drug-likeness (QED) is 0.699. The lowest BCUT2D eigenvalue weighted by Gasteiger charge is -2.16. The molecule has 3 N–H and O–H groups in total. The van der Waals surface area contributed by atoms with Crippen LogP contribution in [0.2, 0.25) is 0 Å². The molecule has 0 aliphatic carbocycles. The number of benzene rings is 1. The first-order chi connectivity index (χ1) is 10.0. The molecule has 1 saturated heterocycles. The molecule has 0 saturated carbocycles. The van der Waals surface area contributed by atoms with E-state index in [0.717, 1.165) is 23.3 Å². The number of rotatable bonds is 7. The summed E-state index contributed by atoms with van der Waals surface area (Å²) in [4.78, 5) is 11.1. The van der Waals surface area contributed by atoms with Gasteiger partial charge in [-0.05, 0) is 37.5 Å². The fourth-order valence-corrected chi connectivity index (χ4v) is 2.36. The highest BCUT2D eigenvalue weighted by atomic mass is 16.5. The highest BCUT2D eigenvalue weighted by Crippen LogP contribution is 2.19. The SMILES string of the molecule is Cc1ccc(C)c(OCC(O)CNCC2CCC(=O)N2)c1. The summed E-state index contributed by atoms with van der Waals surface area (Å²) in [7, 11) is 0. The minimum absolute atomic E-state index is 0.112. The molecule has 116 valence electrons. The zero-order valence-corrected chi connectivity index (χ0v) is 12.7. The monoisotopic (exact) mass is 292 g/mol. The van der Waals surface area contributed by atoms with Crippen molar-refractivity contribution in [1.82, 2.24) is 10.6 Å². The van der Waals surface area contributed by atoms with Crippen LogP contribution in [0.3, 0.4) is 0 Å². The van der Waals surface area contributed by atoms with Crippen LogP contribution in [0.1, 0.15) is 24.0 Å². The zero-order valence-electron chi connectivity index (χ0n) is 12.7. The van der Waals surface area contributed by atoms with Gasteiger partial charge in [-0.3, -0.25) is 4.79 Å². The van der Waals surface area contributed by atoms with Crippen LogP contribution in [0, 0.1) is 13.8 Å². The van der Waals surface area contributed by atoms with Crippen LogP contribution in [-0.2, 0) is 4.79 Å². The third kappa shape index (κ3) is 5.02. The Morgan fingerprint density at radius 2 is 2.29 bits per heavy atom. The van der Waals surface area contributed by atoms with Gasteiger partial charge in [-0.1, -0.05) is 12.1 Å². The number of nitrogens with one attached hydrogen (secondary N) is 2. The van der Waals surface area contributed by atoms with Crippen molar-refractivity contribution in [3.63, 3.8) is 0 Å². The summed E-state index contributed by atoms with van der Waals surface area (Å²) >= 11 is 0. The van der Waals surface area contributed by atoms with Gasteiger partial charge in [0.25, 0.3) is 0 Å². The van der Waals surface area contributed by atoms with Crippen molar-refractivity contribution in [2.24, 2.45) is 0 Å². The molecule has 1 aromatic rings. The van der Waals surface area contributed by atoms with Crippen LogP contribution in [0.25, 0.3) is 0 Å². The number of hydrogen-bond donors (Lipinski definition) is 3. The summed E-state index contributed by atoms with van der Waals surface area (Å²) in [5, 5.41) is 16.0. The van der Waals surface area contributed by atoms with Gasteiger partial charge >= 0.3 is 0 Å². The second kappa shape index (κ2) is 7.43. The van der Waals surface area contributed by atoms with Crippen LogP contribution in [-0.4, -0.2) is 42.9 Å². The van der Waals surface area contributed by atoms with Crippen LogP contribution >= 0.6 is 0 Å². The maximum absolute atomic E-state index is 11.1. The highest BCUT2D eigenvalue weighted by Gasteiger charge is 2.20. The van der Waals surface area contributed by atoms with E-state index in [1.807, 2.05) is 32.0 Å². The van der Waals surface area contributed by atoms with Crippen molar-refractivity contribution in [3.8, 4) is 5.75 Å². The van der Waals surface area contributed by atoms with Gasteiger partial charge in [0.2, 0.25) is 5.91 Å². The molecule has 1 amide bonds. The average molecular weight is 292 g/mol. The number of carbonyl (C=O) groups excluding carboxylic acids is 1. The van der Waals surface area contributed by atoms with Crippen molar-refractivity contribution in [3.05, 3.63) is 29.3 Å². The summed E-state index contributed by atoms with van der Waals surface area (Å²) in [6.07, 6.45) is 0.896. The predicted octanol–water partition coefficient (Wildman–Crippen LogP) is 0.911. The number of amides is 1. The third-order valence-electron chi connectivity index (χ3n) is 3.63. The first kappa shape index (κ1) is 15.8. The van der Waals surface area contributed by atoms with E-state index < -0.39 is 6.10 Å². The first-order valence-electron chi connectivity index (χ1n) is 7.43. The predicted molar refractivity (Wildman–Crippen MR) is 81.5 cm³/mol. The molecule has 1 aliphatic rings. The van der Waals surface area contributed by atoms with Crippen LogP contribution in [0.5, 0.6) is 5.75 Å². The van der Waals surface area contributed by atoms with E-state index in [9.17, 15) is 9.90 Å². The van der Waals surface area contributed by atoms with Gasteiger partial charge < -0.3 is 20.5 Å². The second-order valence-corrected chi connectivity index (χ2v) is 5.70. The Morgan fingerprint density at radius 1 is 1.48 bits per heavy atom. The van der Waals surface area contributed by atoms with E-state index in [1.54, 1.807) is 0 Å². The smallest absolute Gasteiger partial charge is 0.220 e. The van der Waals surface area contributed by atoms with E-state index >= 15 is 0 Å². The van der Waals surface area contributed by atoms with Gasteiger partial charge in [0.15, 0.2) is 0 Å². The van der Waals surface area contributed by atoms with Crippen LogP contribution in [0.4, 0.5) is 0 Å². The molecule has 1 heterocycles. The molecular weight excluding hydrogens is 268 g/mol. The van der Waals surface area contributed by atoms with E-state index in [1.165, 1.54) is 0 Å². The van der Waals surface area contributed by atoms with Crippen LogP contribution < -0.4 is 15.4 Å². The third-order valence-corrected chi connectivity index (χ3v) is 3.63. The van der Waals surface area contributed by atoms with Crippen LogP contribution in [0.15, 0.2) is 18.2 Å². The summed E-state index contributed by atoms with van der Waals surface area (Å²) in [5.41, 5.74) is 2.20. The summed E-state index contributed by atoms with van der Waals surface area (Å²) < 4.78 is 5.66. The lowest BCUT2D eigenvalue weighted by atomic mass is 10.1. The van der Waals surface area contributed by atoms with Gasteiger partial charge in [-0.15, -0.1) is 0 Å². The molecule has 2 atom stereocenters. The largest absolute Gasteiger partial charge is 0.491 e. The highest BCUT2D eigenvalue weighted by molar-refractivity contribution is 5.78. The first-order valence-corrected chi connectivity index (χ1v) is 7.43. The molecule has 1 aliphatic heterocycles. The molecule has 2 unspecified atom stereocenters. The molecule has 2 rings (SSSR count). The normalized spacial score (nSPS) is 19.4. The molecule has 1 aromatic carbocycles. The molecule has 5 nitrogen and oxygen atoms in total. The van der Waals surface area contributed by atoms with E-state index in [-0.39, 0.29) is 18.6 Å². The molecular formula is C16H24N2O3. The lowest BCUT2D eigenvalue weighted by Crippen LogP contribution is -2.40.